The van der Waals surface area contributed by atoms with E-state index in [1.165, 1.54) is 4.88 Å². The molecule has 0 amide bonds. The first-order valence-corrected chi connectivity index (χ1v) is 7.77. The van der Waals surface area contributed by atoms with Crippen LogP contribution < -0.4 is 5.56 Å². The minimum atomic E-state index is -2.62. The lowest BCUT2D eigenvalue weighted by Crippen LogP contribution is -2.15. The Morgan fingerprint density at radius 1 is 1.35 bits per heavy atom. The van der Waals surface area contributed by atoms with Gasteiger partial charge in [-0.15, -0.1) is 11.3 Å². The van der Waals surface area contributed by atoms with Crippen LogP contribution in [0.4, 0.5) is 8.78 Å². The average molecular weight is 296 g/mol. The standard InChI is InChI=1S/C14H14F2N2OS/c15-14(16)5-4-7(6-14)11-17-12(19)10-8-2-1-3-9(8)20-13(10)18-11/h7H,1-6H2,(H,17,18,19)/t7-/m0/s1. The topological polar surface area (TPSA) is 45.8 Å². The summed E-state index contributed by atoms with van der Waals surface area (Å²) in [4.78, 5) is 21.5. The molecule has 4 rings (SSSR count). The number of aromatic amines is 1. The quantitative estimate of drug-likeness (QED) is 0.877. The van der Waals surface area contributed by atoms with E-state index < -0.39 is 5.92 Å². The van der Waals surface area contributed by atoms with Crippen molar-refractivity contribution in [3.63, 3.8) is 0 Å². The first-order valence-electron chi connectivity index (χ1n) is 6.96. The van der Waals surface area contributed by atoms with Crippen LogP contribution in [-0.4, -0.2) is 15.9 Å². The van der Waals surface area contributed by atoms with Crippen molar-refractivity contribution in [3.05, 3.63) is 26.6 Å². The Kier molecular flexibility index (Phi) is 2.55. The van der Waals surface area contributed by atoms with Crippen molar-refractivity contribution < 1.29 is 8.78 Å². The fourth-order valence-electron chi connectivity index (χ4n) is 3.40. The van der Waals surface area contributed by atoms with Crippen LogP contribution in [0.2, 0.25) is 0 Å². The zero-order chi connectivity index (χ0) is 13.9. The van der Waals surface area contributed by atoms with Crippen molar-refractivity contribution in [1.82, 2.24) is 9.97 Å². The third kappa shape index (κ3) is 1.81. The van der Waals surface area contributed by atoms with Gasteiger partial charge < -0.3 is 4.98 Å². The summed E-state index contributed by atoms with van der Waals surface area (Å²) in [6, 6.07) is 0. The van der Waals surface area contributed by atoms with Crippen LogP contribution >= 0.6 is 11.3 Å². The van der Waals surface area contributed by atoms with E-state index in [-0.39, 0.29) is 24.3 Å². The number of halogens is 2. The maximum Gasteiger partial charge on any atom is 0.259 e. The van der Waals surface area contributed by atoms with Crippen molar-refractivity contribution in [2.75, 3.05) is 0 Å². The van der Waals surface area contributed by atoms with Crippen LogP contribution in [0, 0.1) is 0 Å². The Bertz CT molecular complexity index is 749. The maximum atomic E-state index is 13.3. The van der Waals surface area contributed by atoms with Gasteiger partial charge in [-0.3, -0.25) is 4.79 Å². The molecule has 106 valence electrons. The summed E-state index contributed by atoms with van der Waals surface area (Å²) in [7, 11) is 0. The molecule has 1 saturated carbocycles. The Morgan fingerprint density at radius 3 is 2.95 bits per heavy atom. The van der Waals surface area contributed by atoms with E-state index in [4.69, 9.17) is 0 Å². The molecule has 0 unspecified atom stereocenters. The molecular weight excluding hydrogens is 282 g/mol. The fraction of sp³-hybridized carbons (Fsp3) is 0.571. The molecule has 0 spiro atoms. The van der Waals surface area contributed by atoms with Gasteiger partial charge in [-0.2, -0.15) is 0 Å². The molecule has 2 aliphatic rings. The largest absolute Gasteiger partial charge is 0.310 e. The van der Waals surface area contributed by atoms with Gasteiger partial charge in [0.2, 0.25) is 5.92 Å². The minimum Gasteiger partial charge on any atom is -0.310 e. The molecule has 2 aromatic heterocycles. The monoisotopic (exact) mass is 296 g/mol. The van der Waals surface area contributed by atoms with E-state index in [9.17, 15) is 13.6 Å². The third-order valence-electron chi connectivity index (χ3n) is 4.38. The van der Waals surface area contributed by atoms with E-state index in [2.05, 4.69) is 9.97 Å². The summed E-state index contributed by atoms with van der Waals surface area (Å²) in [6.45, 7) is 0. The van der Waals surface area contributed by atoms with E-state index in [1.807, 2.05) is 0 Å². The van der Waals surface area contributed by atoms with Gasteiger partial charge in [0, 0.05) is 23.6 Å². The summed E-state index contributed by atoms with van der Waals surface area (Å²) in [5.74, 6) is -2.49. The number of nitrogens with zero attached hydrogens (tertiary/aromatic N) is 1. The Labute approximate surface area is 118 Å². The van der Waals surface area contributed by atoms with Gasteiger partial charge >= 0.3 is 0 Å². The summed E-state index contributed by atoms with van der Waals surface area (Å²) in [5, 5.41) is 0.691. The number of nitrogens with one attached hydrogen (secondary N) is 1. The van der Waals surface area contributed by atoms with Crippen molar-refractivity contribution >= 4 is 21.6 Å². The molecule has 6 heteroatoms. The highest BCUT2D eigenvalue weighted by Crippen LogP contribution is 2.43. The molecule has 1 atom stereocenters. The molecule has 0 saturated heterocycles. The molecule has 2 heterocycles. The fourth-order valence-corrected chi connectivity index (χ4v) is 4.66. The average Bonchev–Trinajstić information content (AvgIpc) is 3.01. The predicted molar refractivity (Wildman–Crippen MR) is 73.8 cm³/mol. The molecule has 20 heavy (non-hydrogen) atoms. The van der Waals surface area contributed by atoms with Gasteiger partial charge in [0.1, 0.15) is 10.7 Å². The van der Waals surface area contributed by atoms with Crippen LogP contribution in [-0.2, 0) is 12.8 Å². The molecule has 3 nitrogen and oxygen atoms in total. The molecular formula is C14H14F2N2OS. The maximum absolute atomic E-state index is 13.3. The number of hydrogen-bond donors (Lipinski definition) is 1. The van der Waals surface area contributed by atoms with Crippen molar-refractivity contribution in [2.24, 2.45) is 0 Å². The van der Waals surface area contributed by atoms with Crippen LogP contribution in [0.15, 0.2) is 4.79 Å². The molecule has 2 aliphatic carbocycles. The number of thiophene rings is 1. The predicted octanol–water partition coefficient (Wildman–Crippen LogP) is 3.38. The SMILES string of the molecule is O=c1[nH]c([C@H]2CCC(F)(F)C2)nc2sc3c(c12)CCC3. The van der Waals surface area contributed by atoms with E-state index in [0.717, 1.165) is 29.7 Å². The summed E-state index contributed by atoms with van der Waals surface area (Å²) < 4.78 is 26.6. The zero-order valence-corrected chi connectivity index (χ0v) is 11.7. The highest BCUT2D eigenvalue weighted by molar-refractivity contribution is 7.18. The number of H-pyrrole nitrogens is 1. The highest BCUT2D eigenvalue weighted by Gasteiger charge is 2.41. The van der Waals surface area contributed by atoms with Crippen molar-refractivity contribution in [1.29, 1.82) is 0 Å². The molecule has 1 fully saturated rings. The zero-order valence-electron chi connectivity index (χ0n) is 10.8. The molecule has 2 aromatic rings. The number of hydrogen-bond acceptors (Lipinski definition) is 3. The van der Waals surface area contributed by atoms with Crippen LogP contribution in [0.1, 0.15) is 47.9 Å². The lowest BCUT2D eigenvalue weighted by atomic mass is 10.1. The lowest BCUT2D eigenvalue weighted by Gasteiger charge is -2.09. The Hall–Kier alpha value is -1.30. The number of rotatable bonds is 1. The van der Waals surface area contributed by atoms with Crippen molar-refractivity contribution in [3.8, 4) is 0 Å². The van der Waals surface area contributed by atoms with Gasteiger partial charge in [0.15, 0.2) is 0 Å². The number of aromatic nitrogens is 2. The first-order chi connectivity index (χ1) is 9.53. The van der Waals surface area contributed by atoms with Gasteiger partial charge in [-0.05, 0) is 31.2 Å². The van der Waals surface area contributed by atoms with Crippen LogP contribution in [0.3, 0.4) is 0 Å². The Balaban J connectivity index is 1.82. The van der Waals surface area contributed by atoms with Crippen molar-refractivity contribution in [2.45, 2.75) is 50.4 Å². The van der Waals surface area contributed by atoms with Gasteiger partial charge in [-0.25, -0.2) is 13.8 Å². The van der Waals surface area contributed by atoms with Gasteiger partial charge in [0.05, 0.1) is 5.39 Å². The minimum absolute atomic E-state index is 0.111. The van der Waals surface area contributed by atoms with E-state index >= 15 is 0 Å². The first kappa shape index (κ1) is 12.4. The lowest BCUT2D eigenvalue weighted by molar-refractivity contribution is 0.00754. The molecule has 0 aliphatic heterocycles. The molecule has 0 bridgehead atoms. The second-order valence-corrected chi connectivity index (χ2v) is 6.87. The highest BCUT2D eigenvalue weighted by atomic mass is 32.1. The third-order valence-corrected chi connectivity index (χ3v) is 5.57. The molecule has 0 aromatic carbocycles. The number of alkyl halides is 2. The second kappa shape index (κ2) is 4.10. The smallest absolute Gasteiger partial charge is 0.259 e. The van der Waals surface area contributed by atoms with E-state index in [0.29, 0.717) is 17.6 Å². The van der Waals surface area contributed by atoms with Crippen LogP contribution in [0.5, 0.6) is 0 Å². The Morgan fingerprint density at radius 2 is 2.20 bits per heavy atom. The second-order valence-electron chi connectivity index (χ2n) is 5.78. The van der Waals surface area contributed by atoms with E-state index in [1.54, 1.807) is 11.3 Å². The summed E-state index contributed by atoms with van der Waals surface area (Å²) in [6.07, 6.45) is 3.11. The number of aryl methyl sites for hydroxylation is 2. The summed E-state index contributed by atoms with van der Waals surface area (Å²) >= 11 is 1.55. The van der Waals surface area contributed by atoms with Crippen LogP contribution in [0.25, 0.3) is 10.2 Å². The van der Waals surface area contributed by atoms with Gasteiger partial charge in [-0.1, -0.05) is 0 Å². The molecule has 1 N–H and O–H groups in total. The molecule has 0 radical (unpaired) electrons. The van der Waals surface area contributed by atoms with Gasteiger partial charge in [0.25, 0.3) is 5.56 Å². The normalized spacial score (nSPS) is 24.4. The number of fused-ring (bicyclic) bond motifs is 3. The summed E-state index contributed by atoms with van der Waals surface area (Å²) in [5.41, 5.74) is 0.974.